The summed E-state index contributed by atoms with van der Waals surface area (Å²) in [7, 11) is 1.74. The Labute approximate surface area is 119 Å². The van der Waals surface area contributed by atoms with Gasteiger partial charge in [-0.2, -0.15) is 0 Å². The van der Waals surface area contributed by atoms with Crippen LogP contribution in [0.5, 0.6) is 0 Å². The van der Waals surface area contributed by atoms with Crippen LogP contribution >= 0.6 is 0 Å². The standard InChI is InChI=1S/C15H22N2O3/c1-17(10-15(11-19)5-2-3-6-15)14(20)13-8-12(9-18)4-7-16-13/h4,7-8,18-19H,2-3,5-6,9-11H2,1H3. The number of aliphatic hydroxyl groups is 2. The van der Waals surface area contributed by atoms with Crippen molar-refractivity contribution in [2.75, 3.05) is 20.2 Å². The molecule has 1 saturated carbocycles. The topological polar surface area (TPSA) is 73.7 Å². The molecule has 1 heterocycles. The number of pyridine rings is 1. The van der Waals surface area contributed by atoms with Crippen molar-refractivity contribution in [1.29, 1.82) is 0 Å². The zero-order chi connectivity index (χ0) is 14.6. The van der Waals surface area contributed by atoms with E-state index in [1.807, 2.05) is 0 Å². The van der Waals surface area contributed by atoms with Gasteiger partial charge in [0.25, 0.3) is 5.91 Å². The Morgan fingerprint density at radius 2 is 2.10 bits per heavy atom. The Morgan fingerprint density at radius 1 is 1.40 bits per heavy atom. The zero-order valence-corrected chi connectivity index (χ0v) is 11.9. The second-order valence-corrected chi connectivity index (χ2v) is 5.73. The molecular formula is C15H22N2O3. The van der Waals surface area contributed by atoms with E-state index in [0.717, 1.165) is 25.7 Å². The van der Waals surface area contributed by atoms with Crippen LogP contribution in [0.25, 0.3) is 0 Å². The summed E-state index contributed by atoms with van der Waals surface area (Å²) in [5, 5.41) is 18.7. The molecule has 5 nitrogen and oxygen atoms in total. The first-order chi connectivity index (χ1) is 9.60. The molecule has 0 bridgehead atoms. The maximum atomic E-state index is 12.4. The highest BCUT2D eigenvalue weighted by atomic mass is 16.3. The molecule has 0 unspecified atom stereocenters. The van der Waals surface area contributed by atoms with Crippen LogP contribution in [0, 0.1) is 5.41 Å². The zero-order valence-electron chi connectivity index (χ0n) is 11.9. The molecule has 5 heteroatoms. The van der Waals surface area contributed by atoms with E-state index in [4.69, 9.17) is 5.11 Å². The molecule has 1 aliphatic carbocycles. The van der Waals surface area contributed by atoms with Gasteiger partial charge in [0.05, 0.1) is 13.2 Å². The molecule has 20 heavy (non-hydrogen) atoms. The van der Waals surface area contributed by atoms with E-state index in [1.54, 1.807) is 24.1 Å². The predicted octanol–water partition coefficient (Wildman–Crippen LogP) is 1.20. The number of amides is 1. The molecule has 1 amide bonds. The number of rotatable bonds is 5. The van der Waals surface area contributed by atoms with Crippen LogP contribution in [-0.4, -0.2) is 46.2 Å². The van der Waals surface area contributed by atoms with Crippen LogP contribution in [0.4, 0.5) is 0 Å². The molecule has 2 N–H and O–H groups in total. The maximum Gasteiger partial charge on any atom is 0.272 e. The van der Waals surface area contributed by atoms with Crippen molar-refractivity contribution in [2.45, 2.75) is 32.3 Å². The molecule has 0 spiro atoms. The van der Waals surface area contributed by atoms with Crippen LogP contribution in [0.15, 0.2) is 18.3 Å². The lowest BCUT2D eigenvalue weighted by Crippen LogP contribution is -2.40. The SMILES string of the molecule is CN(CC1(CO)CCCC1)C(=O)c1cc(CO)ccn1. The van der Waals surface area contributed by atoms with Crippen molar-refractivity contribution in [3.05, 3.63) is 29.6 Å². The molecule has 0 aromatic carbocycles. The number of hydrogen-bond acceptors (Lipinski definition) is 4. The lowest BCUT2D eigenvalue weighted by molar-refractivity contribution is 0.0590. The Balaban J connectivity index is 2.07. The molecule has 1 aromatic heterocycles. The minimum Gasteiger partial charge on any atom is -0.396 e. The molecule has 0 radical (unpaired) electrons. The average Bonchev–Trinajstić information content (AvgIpc) is 2.95. The first-order valence-electron chi connectivity index (χ1n) is 7.02. The highest BCUT2D eigenvalue weighted by Crippen LogP contribution is 2.38. The number of aliphatic hydroxyl groups excluding tert-OH is 2. The van der Waals surface area contributed by atoms with E-state index in [1.165, 1.54) is 6.20 Å². The van der Waals surface area contributed by atoms with Crippen molar-refractivity contribution >= 4 is 5.91 Å². The third kappa shape index (κ3) is 3.16. The second kappa shape index (κ2) is 6.33. The van der Waals surface area contributed by atoms with Crippen molar-refractivity contribution in [3.63, 3.8) is 0 Å². The Hall–Kier alpha value is -1.46. The lowest BCUT2D eigenvalue weighted by Gasteiger charge is -2.31. The number of carbonyl (C=O) groups is 1. The first-order valence-corrected chi connectivity index (χ1v) is 7.02. The summed E-state index contributed by atoms with van der Waals surface area (Å²) < 4.78 is 0. The Morgan fingerprint density at radius 3 is 2.70 bits per heavy atom. The summed E-state index contributed by atoms with van der Waals surface area (Å²) in [6, 6.07) is 3.29. The van der Waals surface area contributed by atoms with Gasteiger partial charge < -0.3 is 15.1 Å². The quantitative estimate of drug-likeness (QED) is 0.848. The summed E-state index contributed by atoms with van der Waals surface area (Å²) in [5.74, 6) is -0.167. The fraction of sp³-hybridized carbons (Fsp3) is 0.600. The minimum absolute atomic E-state index is 0.104. The fourth-order valence-corrected chi connectivity index (χ4v) is 2.95. The second-order valence-electron chi connectivity index (χ2n) is 5.73. The lowest BCUT2D eigenvalue weighted by atomic mass is 9.86. The summed E-state index contributed by atoms with van der Waals surface area (Å²) in [6.45, 7) is 0.565. The number of nitrogens with zero attached hydrogens (tertiary/aromatic N) is 2. The molecular weight excluding hydrogens is 256 g/mol. The van der Waals surface area contributed by atoms with Crippen molar-refractivity contribution < 1.29 is 15.0 Å². The average molecular weight is 278 g/mol. The van der Waals surface area contributed by atoms with Gasteiger partial charge in [0.2, 0.25) is 0 Å². The monoisotopic (exact) mass is 278 g/mol. The fourth-order valence-electron chi connectivity index (χ4n) is 2.95. The third-order valence-electron chi connectivity index (χ3n) is 4.14. The first kappa shape index (κ1) is 14.9. The van der Waals surface area contributed by atoms with E-state index < -0.39 is 0 Å². The van der Waals surface area contributed by atoms with E-state index >= 15 is 0 Å². The third-order valence-corrected chi connectivity index (χ3v) is 4.14. The van der Waals surface area contributed by atoms with Crippen LogP contribution in [0.1, 0.15) is 41.7 Å². The number of aromatic nitrogens is 1. The van der Waals surface area contributed by atoms with Crippen LogP contribution in [0.2, 0.25) is 0 Å². The van der Waals surface area contributed by atoms with Gasteiger partial charge >= 0.3 is 0 Å². The summed E-state index contributed by atoms with van der Waals surface area (Å²) >= 11 is 0. The molecule has 1 aromatic rings. The van der Waals surface area contributed by atoms with Gasteiger partial charge in [0, 0.05) is 25.2 Å². The molecule has 110 valence electrons. The summed E-state index contributed by atoms with van der Waals surface area (Å²) in [4.78, 5) is 18.1. The van der Waals surface area contributed by atoms with Crippen LogP contribution in [-0.2, 0) is 6.61 Å². The molecule has 1 aliphatic rings. The Kier molecular flexibility index (Phi) is 4.73. The highest BCUT2D eigenvalue weighted by Gasteiger charge is 2.35. The Bertz CT molecular complexity index is 470. The number of carbonyl (C=O) groups excluding carboxylic acids is 1. The molecule has 0 aliphatic heterocycles. The van der Waals surface area contributed by atoms with Crippen molar-refractivity contribution in [3.8, 4) is 0 Å². The molecule has 0 saturated heterocycles. The van der Waals surface area contributed by atoms with Gasteiger partial charge in [0.1, 0.15) is 5.69 Å². The summed E-state index contributed by atoms with van der Waals surface area (Å²) in [5.41, 5.74) is 0.860. The maximum absolute atomic E-state index is 12.4. The number of hydrogen-bond donors (Lipinski definition) is 2. The van der Waals surface area contributed by atoms with Crippen molar-refractivity contribution in [2.24, 2.45) is 5.41 Å². The van der Waals surface area contributed by atoms with Crippen LogP contribution < -0.4 is 0 Å². The van der Waals surface area contributed by atoms with E-state index in [0.29, 0.717) is 17.8 Å². The normalized spacial score (nSPS) is 17.1. The van der Waals surface area contributed by atoms with Gasteiger partial charge in [-0.3, -0.25) is 9.78 Å². The molecule has 0 atom stereocenters. The van der Waals surface area contributed by atoms with E-state index in [2.05, 4.69) is 4.98 Å². The predicted molar refractivity (Wildman–Crippen MR) is 75.1 cm³/mol. The van der Waals surface area contributed by atoms with Crippen LogP contribution in [0.3, 0.4) is 0 Å². The minimum atomic E-state index is -0.167. The van der Waals surface area contributed by atoms with Gasteiger partial charge in [-0.15, -0.1) is 0 Å². The van der Waals surface area contributed by atoms with Gasteiger partial charge in [0.15, 0.2) is 0 Å². The van der Waals surface area contributed by atoms with Crippen molar-refractivity contribution in [1.82, 2.24) is 9.88 Å². The highest BCUT2D eigenvalue weighted by molar-refractivity contribution is 5.92. The van der Waals surface area contributed by atoms with Gasteiger partial charge in [-0.25, -0.2) is 0 Å². The van der Waals surface area contributed by atoms with Gasteiger partial charge in [-0.05, 0) is 30.5 Å². The smallest absolute Gasteiger partial charge is 0.272 e. The largest absolute Gasteiger partial charge is 0.396 e. The van der Waals surface area contributed by atoms with E-state index in [-0.39, 0.29) is 24.5 Å². The summed E-state index contributed by atoms with van der Waals surface area (Å²) in [6.07, 6.45) is 5.68. The molecule has 2 rings (SSSR count). The van der Waals surface area contributed by atoms with E-state index in [9.17, 15) is 9.90 Å². The van der Waals surface area contributed by atoms with Gasteiger partial charge in [-0.1, -0.05) is 12.8 Å². The molecule has 1 fully saturated rings.